The van der Waals surface area contributed by atoms with Crippen molar-refractivity contribution in [2.24, 2.45) is 0 Å². The zero-order valence-electron chi connectivity index (χ0n) is 16.2. The molecule has 2 fully saturated rings. The molecule has 0 bridgehead atoms. The number of phosphoric acid groups is 1. The summed E-state index contributed by atoms with van der Waals surface area (Å²) in [6.07, 6.45) is -1.42. The molecule has 1 unspecified atom stereocenters. The number of amides is 1. The van der Waals surface area contributed by atoms with Crippen LogP contribution in [-0.2, 0) is 18.3 Å². The number of hydrogen-bond acceptors (Lipinski definition) is 9. The van der Waals surface area contributed by atoms with Crippen LogP contribution >= 0.6 is 7.82 Å². The quantitative estimate of drug-likeness (QED) is 0.374. The van der Waals surface area contributed by atoms with Gasteiger partial charge in [-0.1, -0.05) is 18.2 Å². The third-order valence-electron chi connectivity index (χ3n) is 4.87. The van der Waals surface area contributed by atoms with E-state index in [9.17, 15) is 19.4 Å². The van der Waals surface area contributed by atoms with E-state index >= 15 is 0 Å². The Kier molecular flexibility index (Phi) is 6.28. The monoisotopic (exact) mass is 456 g/mol. The molecule has 157 valence electrons. The van der Waals surface area contributed by atoms with Crippen LogP contribution in [0.4, 0.5) is 5.82 Å². The Morgan fingerprint density at radius 3 is 2.77 bits per heavy atom. The second-order valence-electron chi connectivity index (χ2n) is 6.76. The van der Waals surface area contributed by atoms with E-state index in [2.05, 4.69) is 20.3 Å². The summed E-state index contributed by atoms with van der Waals surface area (Å²) in [5, 5.41) is 13.3. The smallest absolute Gasteiger partial charge is 0.386 e. The van der Waals surface area contributed by atoms with Crippen LogP contribution in [0.2, 0.25) is 0 Å². The van der Waals surface area contributed by atoms with Gasteiger partial charge in [0.2, 0.25) is 0 Å². The fraction of sp³-hybridized carbons (Fsp3) is 0.294. The number of phosphoric ester groups is 1. The minimum atomic E-state index is -4.24. The number of aliphatic hydroxyl groups is 1. The molecule has 4 heterocycles. The number of ether oxygens (including phenoxy) is 1. The number of aromatic nitrogens is 4. The molecule has 0 aliphatic carbocycles. The van der Waals surface area contributed by atoms with Crippen LogP contribution in [0.1, 0.15) is 16.6 Å². The summed E-state index contributed by atoms with van der Waals surface area (Å²) < 4.78 is 28.6. The maximum atomic E-state index is 12.5. The van der Waals surface area contributed by atoms with Gasteiger partial charge in [0.25, 0.3) is 5.91 Å². The topological polar surface area (TPSA) is 158 Å². The van der Waals surface area contributed by atoms with Crippen molar-refractivity contribution >= 4 is 60.3 Å². The maximum Gasteiger partial charge on any atom is 0.472 e. The van der Waals surface area contributed by atoms with E-state index in [4.69, 9.17) is 13.8 Å². The standard InChI is InChI=1S/C17H16N5O7P.Na/c23-12-13-10(6-27-30(25,26)29-13)28-17(12)22-8-20-11-14(18-7-19-15(11)22)21-16(24)9-4-2-1-3-5-9;/h1-5,7-8,10,12-13,17,23H,6H2,(H,25,26)(H,18,19,21,24);/t10-,12-,13-,17-;/m1./s1. The number of imidazole rings is 1. The van der Waals surface area contributed by atoms with E-state index in [1.807, 2.05) is 0 Å². The third kappa shape index (κ3) is 4.19. The minimum absolute atomic E-state index is 0. The first kappa shape index (κ1) is 22.5. The second-order valence-corrected chi connectivity index (χ2v) is 8.16. The first-order valence-corrected chi connectivity index (χ1v) is 10.5. The van der Waals surface area contributed by atoms with E-state index in [0.717, 1.165) is 0 Å². The molecule has 1 aromatic carbocycles. The molecular weight excluding hydrogens is 440 g/mol. The normalized spacial score (nSPS) is 29.9. The molecule has 1 amide bonds. The van der Waals surface area contributed by atoms with Gasteiger partial charge >= 0.3 is 7.82 Å². The number of anilines is 1. The molecule has 14 heteroatoms. The van der Waals surface area contributed by atoms with Gasteiger partial charge in [-0.3, -0.25) is 18.4 Å². The van der Waals surface area contributed by atoms with Crippen LogP contribution in [0.15, 0.2) is 43.0 Å². The van der Waals surface area contributed by atoms with Crippen LogP contribution in [0.3, 0.4) is 0 Å². The van der Waals surface area contributed by atoms with Gasteiger partial charge in [-0.25, -0.2) is 19.5 Å². The summed E-state index contributed by atoms with van der Waals surface area (Å²) in [5.41, 5.74) is 1.04. The molecule has 2 aromatic heterocycles. The van der Waals surface area contributed by atoms with Crippen molar-refractivity contribution < 1.29 is 33.1 Å². The average molecular weight is 456 g/mol. The van der Waals surface area contributed by atoms with Gasteiger partial charge in [-0.05, 0) is 12.1 Å². The summed E-state index contributed by atoms with van der Waals surface area (Å²) in [4.78, 5) is 34.5. The van der Waals surface area contributed by atoms with Crippen LogP contribution in [0, 0.1) is 0 Å². The number of carbonyl (C=O) groups is 1. The fourth-order valence-electron chi connectivity index (χ4n) is 3.46. The minimum Gasteiger partial charge on any atom is -0.386 e. The molecule has 5 rings (SSSR count). The number of rotatable bonds is 3. The molecule has 3 N–H and O–H groups in total. The third-order valence-corrected chi connectivity index (χ3v) is 5.85. The number of nitrogens with zero attached hydrogens (tertiary/aromatic N) is 4. The molecular formula is C17H16N5NaO7P. The van der Waals surface area contributed by atoms with Gasteiger partial charge in [0.1, 0.15) is 24.6 Å². The number of hydrogen-bond donors (Lipinski definition) is 3. The first-order chi connectivity index (χ1) is 14.4. The molecule has 2 saturated heterocycles. The second kappa shape index (κ2) is 8.66. The Hall–Kier alpha value is -1.73. The Morgan fingerprint density at radius 2 is 2.00 bits per heavy atom. The molecule has 2 aliphatic heterocycles. The maximum absolute atomic E-state index is 12.5. The molecule has 1 radical (unpaired) electrons. The van der Waals surface area contributed by atoms with Crippen molar-refractivity contribution in [1.29, 1.82) is 0 Å². The molecule has 2 aliphatic rings. The van der Waals surface area contributed by atoms with Crippen molar-refractivity contribution in [2.75, 3.05) is 11.9 Å². The zero-order chi connectivity index (χ0) is 20.9. The number of benzene rings is 1. The van der Waals surface area contributed by atoms with Crippen molar-refractivity contribution in [3.8, 4) is 0 Å². The Morgan fingerprint density at radius 1 is 1.23 bits per heavy atom. The van der Waals surface area contributed by atoms with E-state index in [1.165, 1.54) is 17.2 Å². The van der Waals surface area contributed by atoms with Crippen molar-refractivity contribution in [3.05, 3.63) is 48.5 Å². The van der Waals surface area contributed by atoms with Gasteiger partial charge in [-0.2, -0.15) is 0 Å². The molecule has 12 nitrogen and oxygen atoms in total. The van der Waals surface area contributed by atoms with E-state index < -0.39 is 32.4 Å². The number of nitrogens with one attached hydrogen (secondary N) is 1. The van der Waals surface area contributed by atoms with Gasteiger partial charge in [0, 0.05) is 35.1 Å². The molecule has 0 saturated carbocycles. The molecule has 5 atom stereocenters. The largest absolute Gasteiger partial charge is 0.472 e. The van der Waals surface area contributed by atoms with Crippen LogP contribution in [0.5, 0.6) is 0 Å². The summed E-state index contributed by atoms with van der Waals surface area (Å²) in [6.45, 7) is -0.202. The summed E-state index contributed by atoms with van der Waals surface area (Å²) in [6, 6.07) is 8.62. The van der Waals surface area contributed by atoms with Gasteiger partial charge in [0.05, 0.1) is 12.9 Å². The fourth-order valence-corrected chi connectivity index (χ4v) is 4.43. The SMILES string of the molecule is O=C(Nc1ncnc2c1ncn2[C@@H]1O[C@@H]2COP(=O)(O)O[C@H]2[C@H]1O)c1ccccc1.[Na]. The van der Waals surface area contributed by atoms with Crippen LogP contribution in [0.25, 0.3) is 11.2 Å². The zero-order valence-corrected chi connectivity index (χ0v) is 19.1. The predicted molar refractivity (Wildman–Crippen MR) is 106 cm³/mol. The first-order valence-electron chi connectivity index (χ1n) is 8.96. The Bertz CT molecular complexity index is 1160. The van der Waals surface area contributed by atoms with Gasteiger partial charge < -0.3 is 20.1 Å². The average Bonchev–Trinajstić information content (AvgIpc) is 3.30. The van der Waals surface area contributed by atoms with Gasteiger partial charge in [-0.15, -0.1) is 0 Å². The molecule has 31 heavy (non-hydrogen) atoms. The predicted octanol–water partition coefficient (Wildman–Crippen LogP) is 0.472. The van der Waals surface area contributed by atoms with Crippen LogP contribution < -0.4 is 5.32 Å². The van der Waals surface area contributed by atoms with Crippen molar-refractivity contribution in [2.45, 2.75) is 24.5 Å². The van der Waals surface area contributed by atoms with E-state index in [0.29, 0.717) is 11.2 Å². The van der Waals surface area contributed by atoms with Crippen molar-refractivity contribution in [1.82, 2.24) is 19.5 Å². The van der Waals surface area contributed by atoms with E-state index in [-0.39, 0.29) is 53.4 Å². The molecule has 3 aromatic rings. The Balaban J connectivity index is 0.00000231. The number of carbonyl (C=O) groups excluding carboxylic acids is 1. The van der Waals surface area contributed by atoms with Gasteiger partial charge in [0.15, 0.2) is 23.2 Å². The number of aliphatic hydroxyl groups excluding tert-OH is 1. The van der Waals surface area contributed by atoms with Crippen molar-refractivity contribution in [3.63, 3.8) is 0 Å². The summed E-state index contributed by atoms with van der Waals surface area (Å²) in [7, 11) is -4.24. The number of fused-ring (bicyclic) bond motifs is 2. The van der Waals surface area contributed by atoms with Crippen LogP contribution in [-0.4, -0.2) is 89.9 Å². The molecule has 0 spiro atoms. The Labute approximate surface area is 197 Å². The summed E-state index contributed by atoms with van der Waals surface area (Å²) in [5.74, 6) is -0.172. The van der Waals surface area contributed by atoms with E-state index in [1.54, 1.807) is 30.3 Å². The summed E-state index contributed by atoms with van der Waals surface area (Å²) >= 11 is 0.